The number of imidazole rings is 1. The molecule has 5 atom stereocenters. The van der Waals surface area contributed by atoms with E-state index in [0.717, 1.165) is 6.42 Å². The lowest BCUT2D eigenvalue weighted by Crippen LogP contribution is -2.58. The number of aliphatic carboxylic acids is 1. The third kappa shape index (κ3) is 9.58. The van der Waals surface area contributed by atoms with Gasteiger partial charge in [0, 0.05) is 18.3 Å². The predicted octanol–water partition coefficient (Wildman–Crippen LogP) is -0.986. The van der Waals surface area contributed by atoms with E-state index < -0.39 is 47.9 Å². The molecule has 0 spiro atoms. The first kappa shape index (κ1) is 28.0. The van der Waals surface area contributed by atoms with Gasteiger partial charge < -0.3 is 37.5 Å². The molecule has 0 fully saturated rings. The van der Waals surface area contributed by atoms with Gasteiger partial charge in [-0.1, -0.05) is 26.7 Å². The first-order valence-electron chi connectivity index (χ1n) is 11.2. The average Bonchev–Trinajstić information content (AvgIpc) is 3.29. The second kappa shape index (κ2) is 14.2. The molecular formula is C21H37N7O5. The number of nitrogens with zero attached hydrogens (tertiary/aromatic N) is 1. The standard InChI is InChI=1S/C21H37N7O5/c1-4-12(2)17(20(31)26-13(3)21(32)33)28-19(30)16(9-14-10-24-11-25-14)27-18(29)15(23)7-5-6-8-22/h10-13,15-17H,4-9,22-23H2,1-3H3,(H,24,25)(H,26,31)(H,27,29)(H,28,30)(H,32,33). The molecule has 33 heavy (non-hydrogen) atoms. The van der Waals surface area contributed by atoms with Crippen molar-refractivity contribution in [1.29, 1.82) is 0 Å². The van der Waals surface area contributed by atoms with Gasteiger partial charge in [0.15, 0.2) is 0 Å². The van der Waals surface area contributed by atoms with Gasteiger partial charge in [-0.2, -0.15) is 0 Å². The van der Waals surface area contributed by atoms with E-state index in [0.29, 0.717) is 31.5 Å². The maximum atomic E-state index is 13.1. The minimum atomic E-state index is -1.19. The van der Waals surface area contributed by atoms with Crippen LogP contribution in [0, 0.1) is 5.92 Å². The fraction of sp³-hybridized carbons (Fsp3) is 0.667. The van der Waals surface area contributed by atoms with E-state index in [1.807, 2.05) is 6.92 Å². The lowest BCUT2D eigenvalue weighted by Gasteiger charge is -2.27. The molecule has 1 heterocycles. The topological polar surface area (TPSA) is 205 Å². The number of carboxylic acids is 1. The van der Waals surface area contributed by atoms with Crippen molar-refractivity contribution in [2.75, 3.05) is 6.54 Å². The third-order valence-corrected chi connectivity index (χ3v) is 5.44. The number of H-pyrrole nitrogens is 1. The molecule has 0 aliphatic carbocycles. The highest BCUT2D eigenvalue weighted by Crippen LogP contribution is 2.10. The lowest BCUT2D eigenvalue weighted by atomic mass is 9.97. The van der Waals surface area contributed by atoms with Gasteiger partial charge in [0.05, 0.1) is 12.4 Å². The number of unbranched alkanes of at least 4 members (excludes halogenated alkanes) is 1. The monoisotopic (exact) mass is 467 g/mol. The predicted molar refractivity (Wildman–Crippen MR) is 122 cm³/mol. The van der Waals surface area contributed by atoms with E-state index in [1.54, 1.807) is 6.92 Å². The maximum absolute atomic E-state index is 13.1. The van der Waals surface area contributed by atoms with Crippen LogP contribution < -0.4 is 27.4 Å². The fourth-order valence-electron chi connectivity index (χ4n) is 3.06. The Morgan fingerprint density at radius 2 is 1.79 bits per heavy atom. The fourth-order valence-corrected chi connectivity index (χ4v) is 3.06. The number of carbonyl (C=O) groups excluding carboxylic acids is 3. The molecule has 0 aliphatic heterocycles. The Labute approximate surface area is 193 Å². The van der Waals surface area contributed by atoms with Crippen molar-refractivity contribution in [2.45, 2.75) is 77.0 Å². The van der Waals surface area contributed by atoms with Crippen LogP contribution in [0.25, 0.3) is 0 Å². The molecule has 1 aromatic rings. The largest absolute Gasteiger partial charge is 0.480 e. The Morgan fingerprint density at radius 3 is 2.33 bits per heavy atom. The van der Waals surface area contributed by atoms with Gasteiger partial charge in [-0.15, -0.1) is 0 Å². The van der Waals surface area contributed by atoms with E-state index in [9.17, 15) is 19.2 Å². The minimum Gasteiger partial charge on any atom is -0.480 e. The van der Waals surface area contributed by atoms with Crippen LogP contribution in [0.5, 0.6) is 0 Å². The average molecular weight is 468 g/mol. The Morgan fingerprint density at radius 1 is 1.09 bits per heavy atom. The molecule has 0 saturated carbocycles. The Bertz CT molecular complexity index is 771. The Kier molecular flexibility index (Phi) is 12.1. The number of nitrogens with two attached hydrogens (primary N) is 2. The highest BCUT2D eigenvalue weighted by Gasteiger charge is 2.32. The van der Waals surface area contributed by atoms with Gasteiger partial charge in [-0.3, -0.25) is 19.2 Å². The first-order valence-corrected chi connectivity index (χ1v) is 11.2. The minimum absolute atomic E-state index is 0.105. The molecule has 1 rings (SSSR count). The Hall–Kier alpha value is -2.99. The molecule has 12 heteroatoms. The van der Waals surface area contributed by atoms with Crippen molar-refractivity contribution in [3.63, 3.8) is 0 Å². The molecule has 0 bridgehead atoms. The zero-order chi connectivity index (χ0) is 25.0. The van der Waals surface area contributed by atoms with E-state index in [1.165, 1.54) is 19.4 Å². The summed E-state index contributed by atoms with van der Waals surface area (Å²) in [5.41, 5.74) is 12.0. The van der Waals surface area contributed by atoms with Crippen LogP contribution in [0.4, 0.5) is 0 Å². The molecule has 0 radical (unpaired) electrons. The summed E-state index contributed by atoms with van der Waals surface area (Å²) in [6, 6.07) is -3.93. The van der Waals surface area contributed by atoms with Crippen LogP contribution in [0.3, 0.4) is 0 Å². The molecule has 186 valence electrons. The smallest absolute Gasteiger partial charge is 0.325 e. The maximum Gasteiger partial charge on any atom is 0.325 e. The van der Waals surface area contributed by atoms with E-state index in [-0.39, 0.29) is 12.3 Å². The summed E-state index contributed by atoms with van der Waals surface area (Å²) in [5, 5.41) is 16.8. The molecule has 3 amide bonds. The normalized spacial score (nSPS) is 15.5. The van der Waals surface area contributed by atoms with Crippen LogP contribution in [0.1, 0.15) is 52.1 Å². The van der Waals surface area contributed by atoms with E-state index in [4.69, 9.17) is 16.6 Å². The number of carboxylic acid groups (broad SMARTS) is 1. The van der Waals surface area contributed by atoms with Gasteiger partial charge in [-0.25, -0.2) is 4.98 Å². The number of carbonyl (C=O) groups is 4. The zero-order valence-electron chi connectivity index (χ0n) is 19.5. The van der Waals surface area contributed by atoms with Crippen molar-refractivity contribution in [1.82, 2.24) is 25.9 Å². The highest BCUT2D eigenvalue weighted by atomic mass is 16.4. The SMILES string of the molecule is CCC(C)C(NC(=O)C(Cc1cnc[nH]1)NC(=O)C(N)CCCCN)C(=O)NC(C)C(=O)O. The molecule has 1 aromatic heterocycles. The van der Waals surface area contributed by atoms with Gasteiger partial charge in [0.1, 0.15) is 18.1 Å². The quantitative estimate of drug-likeness (QED) is 0.159. The summed E-state index contributed by atoms with van der Waals surface area (Å²) in [5.74, 6) is -3.16. The number of rotatable bonds is 15. The van der Waals surface area contributed by atoms with Crippen molar-refractivity contribution in [3.8, 4) is 0 Å². The van der Waals surface area contributed by atoms with E-state index >= 15 is 0 Å². The number of aromatic amines is 1. The number of nitrogens with one attached hydrogen (secondary N) is 4. The summed E-state index contributed by atoms with van der Waals surface area (Å²) in [6.45, 7) is 5.45. The third-order valence-electron chi connectivity index (χ3n) is 5.44. The van der Waals surface area contributed by atoms with Gasteiger partial charge >= 0.3 is 5.97 Å². The van der Waals surface area contributed by atoms with Crippen molar-refractivity contribution >= 4 is 23.7 Å². The van der Waals surface area contributed by atoms with Gasteiger partial charge in [-0.05, 0) is 32.2 Å². The molecular weight excluding hydrogens is 430 g/mol. The summed E-state index contributed by atoms with van der Waals surface area (Å²) in [4.78, 5) is 56.3. The zero-order valence-corrected chi connectivity index (χ0v) is 19.5. The summed E-state index contributed by atoms with van der Waals surface area (Å²) in [7, 11) is 0. The van der Waals surface area contributed by atoms with Crippen LogP contribution in [0.15, 0.2) is 12.5 Å². The van der Waals surface area contributed by atoms with Crippen molar-refractivity contribution in [3.05, 3.63) is 18.2 Å². The lowest BCUT2D eigenvalue weighted by molar-refractivity contribution is -0.142. The highest BCUT2D eigenvalue weighted by molar-refractivity contribution is 5.94. The summed E-state index contributed by atoms with van der Waals surface area (Å²) < 4.78 is 0. The van der Waals surface area contributed by atoms with Crippen LogP contribution in [-0.2, 0) is 25.6 Å². The summed E-state index contributed by atoms with van der Waals surface area (Å²) >= 11 is 0. The van der Waals surface area contributed by atoms with Crippen LogP contribution in [0.2, 0.25) is 0 Å². The molecule has 0 aromatic carbocycles. The number of hydrogen-bond acceptors (Lipinski definition) is 7. The first-order chi connectivity index (χ1) is 15.6. The molecule has 12 nitrogen and oxygen atoms in total. The Balaban J connectivity index is 2.97. The second-order valence-corrected chi connectivity index (χ2v) is 8.17. The van der Waals surface area contributed by atoms with Crippen molar-refractivity contribution < 1.29 is 24.3 Å². The van der Waals surface area contributed by atoms with Crippen LogP contribution in [-0.4, -0.2) is 69.5 Å². The van der Waals surface area contributed by atoms with Crippen LogP contribution >= 0.6 is 0 Å². The van der Waals surface area contributed by atoms with Gasteiger partial charge in [0.25, 0.3) is 0 Å². The molecule has 5 unspecified atom stereocenters. The van der Waals surface area contributed by atoms with E-state index in [2.05, 4.69) is 25.9 Å². The second-order valence-electron chi connectivity index (χ2n) is 8.17. The number of aromatic nitrogens is 2. The summed E-state index contributed by atoms with van der Waals surface area (Å²) in [6.07, 6.45) is 5.48. The number of hydrogen-bond donors (Lipinski definition) is 7. The molecule has 0 saturated heterocycles. The molecule has 9 N–H and O–H groups in total. The van der Waals surface area contributed by atoms with Gasteiger partial charge in [0.2, 0.25) is 17.7 Å². The van der Waals surface area contributed by atoms with Crippen molar-refractivity contribution in [2.24, 2.45) is 17.4 Å². The number of amides is 3. The molecule has 0 aliphatic rings.